The SMILES string of the molecule is Cc1ccc(N2C[C@@H](C(=O)Nc3ccc4c(c3)NC(=O)[C@H](C)O4)CC2=O)cc1F. The molecular weight excluding hydrogens is 377 g/mol. The Bertz CT molecular complexity index is 1020. The summed E-state index contributed by atoms with van der Waals surface area (Å²) in [5.74, 6) is -1.23. The highest BCUT2D eigenvalue weighted by Gasteiger charge is 2.35. The van der Waals surface area contributed by atoms with E-state index >= 15 is 0 Å². The summed E-state index contributed by atoms with van der Waals surface area (Å²) in [7, 11) is 0. The second kappa shape index (κ2) is 7.20. The van der Waals surface area contributed by atoms with Gasteiger partial charge in [-0.05, 0) is 49.7 Å². The predicted molar refractivity (Wildman–Crippen MR) is 105 cm³/mol. The predicted octanol–water partition coefficient (Wildman–Crippen LogP) is 2.85. The van der Waals surface area contributed by atoms with E-state index in [0.29, 0.717) is 28.4 Å². The van der Waals surface area contributed by atoms with Crippen LogP contribution >= 0.6 is 0 Å². The molecule has 0 spiro atoms. The third-order valence-electron chi connectivity index (χ3n) is 5.14. The molecule has 1 fully saturated rings. The van der Waals surface area contributed by atoms with Gasteiger partial charge >= 0.3 is 0 Å². The van der Waals surface area contributed by atoms with E-state index in [9.17, 15) is 18.8 Å². The van der Waals surface area contributed by atoms with Gasteiger partial charge in [-0.2, -0.15) is 0 Å². The molecule has 0 bridgehead atoms. The average Bonchev–Trinajstić information content (AvgIpc) is 3.07. The van der Waals surface area contributed by atoms with Crippen LogP contribution in [0.4, 0.5) is 21.5 Å². The summed E-state index contributed by atoms with van der Waals surface area (Å²) < 4.78 is 19.3. The first-order chi connectivity index (χ1) is 13.8. The van der Waals surface area contributed by atoms with E-state index in [0.717, 1.165) is 0 Å². The van der Waals surface area contributed by atoms with Crippen LogP contribution < -0.4 is 20.3 Å². The maximum atomic E-state index is 13.8. The molecule has 2 N–H and O–H groups in total. The van der Waals surface area contributed by atoms with Crippen molar-refractivity contribution in [3.8, 4) is 5.75 Å². The van der Waals surface area contributed by atoms with Gasteiger partial charge in [0.25, 0.3) is 5.91 Å². The Kier molecular flexibility index (Phi) is 4.70. The standard InChI is InChI=1S/C21H20FN3O4/c1-11-3-5-15(9-16(11)22)25-10-13(7-19(25)26)21(28)23-14-4-6-18-17(8-14)24-20(27)12(2)29-18/h3-6,8-9,12-13H,7,10H2,1-2H3,(H,23,28)(H,24,27)/t12-,13-/m0/s1. The lowest BCUT2D eigenvalue weighted by atomic mass is 10.1. The fourth-order valence-electron chi connectivity index (χ4n) is 3.41. The minimum absolute atomic E-state index is 0.0453. The lowest BCUT2D eigenvalue weighted by molar-refractivity contribution is -0.122. The lowest BCUT2D eigenvalue weighted by Gasteiger charge is -2.24. The van der Waals surface area contributed by atoms with E-state index in [2.05, 4.69) is 10.6 Å². The van der Waals surface area contributed by atoms with Crippen molar-refractivity contribution in [2.24, 2.45) is 5.92 Å². The molecule has 29 heavy (non-hydrogen) atoms. The van der Waals surface area contributed by atoms with Crippen LogP contribution in [0.5, 0.6) is 5.75 Å². The number of amides is 3. The fourth-order valence-corrected chi connectivity index (χ4v) is 3.41. The number of benzene rings is 2. The Morgan fingerprint density at radius 2 is 2.03 bits per heavy atom. The van der Waals surface area contributed by atoms with Crippen molar-refractivity contribution < 1.29 is 23.5 Å². The van der Waals surface area contributed by atoms with Crippen LogP contribution in [0, 0.1) is 18.7 Å². The maximum absolute atomic E-state index is 13.8. The van der Waals surface area contributed by atoms with Crippen LogP contribution in [0.15, 0.2) is 36.4 Å². The molecule has 2 aliphatic heterocycles. The van der Waals surface area contributed by atoms with Crippen molar-refractivity contribution in [2.45, 2.75) is 26.4 Å². The van der Waals surface area contributed by atoms with Crippen LogP contribution in [0.25, 0.3) is 0 Å². The number of hydrogen-bond donors (Lipinski definition) is 2. The van der Waals surface area contributed by atoms with Crippen LogP contribution in [0.2, 0.25) is 0 Å². The number of nitrogens with one attached hydrogen (secondary N) is 2. The minimum Gasteiger partial charge on any atom is -0.479 e. The number of rotatable bonds is 3. The molecule has 2 aromatic carbocycles. The second-order valence-corrected chi connectivity index (χ2v) is 7.29. The van der Waals surface area contributed by atoms with Gasteiger partial charge in [-0.3, -0.25) is 14.4 Å². The van der Waals surface area contributed by atoms with Crippen molar-refractivity contribution >= 4 is 34.8 Å². The Morgan fingerprint density at radius 1 is 1.24 bits per heavy atom. The van der Waals surface area contributed by atoms with Crippen molar-refractivity contribution in [3.63, 3.8) is 0 Å². The zero-order chi connectivity index (χ0) is 20.7. The molecular formula is C21H20FN3O4. The van der Waals surface area contributed by atoms with Gasteiger partial charge in [-0.1, -0.05) is 6.07 Å². The van der Waals surface area contributed by atoms with E-state index in [-0.39, 0.29) is 30.7 Å². The van der Waals surface area contributed by atoms with E-state index in [1.807, 2.05) is 0 Å². The van der Waals surface area contributed by atoms with Gasteiger partial charge in [0, 0.05) is 24.3 Å². The summed E-state index contributed by atoms with van der Waals surface area (Å²) in [5.41, 5.74) is 1.90. The summed E-state index contributed by atoms with van der Waals surface area (Å²) >= 11 is 0. The highest BCUT2D eigenvalue weighted by molar-refractivity contribution is 6.04. The van der Waals surface area contributed by atoms with E-state index in [1.54, 1.807) is 44.2 Å². The molecule has 8 heteroatoms. The number of carbonyl (C=O) groups is 3. The fraction of sp³-hybridized carbons (Fsp3) is 0.286. The lowest BCUT2D eigenvalue weighted by Crippen LogP contribution is -2.34. The van der Waals surface area contributed by atoms with Crippen molar-refractivity contribution in [2.75, 3.05) is 22.1 Å². The highest BCUT2D eigenvalue weighted by atomic mass is 19.1. The van der Waals surface area contributed by atoms with Crippen LogP contribution in [-0.2, 0) is 14.4 Å². The monoisotopic (exact) mass is 397 g/mol. The van der Waals surface area contributed by atoms with E-state index < -0.39 is 17.8 Å². The molecule has 0 unspecified atom stereocenters. The van der Waals surface area contributed by atoms with Gasteiger partial charge in [0.2, 0.25) is 11.8 Å². The Hall–Kier alpha value is -3.42. The van der Waals surface area contributed by atoms with E-state index in [4.69, 9.17) is 4.74 Å². The molecule has 7 nitrogen and oxygen atoms in total. The third-order valence-corrected chi connectivity index (χ3v) is 5.14. The molecule has 2 atom stereocenters. The number of halogens is 1. The molecule has 4 rings (SSSR count). The van der Waals surface area contributed by atoms with Crippen LogP contribution in [0.3, 0.4) is 0 Å². The first-order valence-electron chi connectivity index (χ1n) is 9.31. The summed E-state index contributed by atoms with van der Waals surface area (Å²) in [4.78, 5) is 38.2. The van der Waals surface area contributed by atoms with Crippen molar-refractivity contribution in [3.05, 3.63) is 47.8 Å². The Balaban J connectivity index is 1.45. The summed E-state index contributed by atoms with van der Waals surface area (Å²) in [6, 6.07) is 9.54. The van der Waals surface area contributed by atoms with Crippen LogP contribution in [-0.4, -0.2) is 30.4 Å². The smallest absolute Gasteiger partial charge is 0.265 e. The molecule has 2 aliphatic rings. The number of fused-ring (bicyclic) bond motifs is 1. The third kappa shape index (κ3) is 3.65. The molecule has 2 heterocycles. The molecule has 3 amide bonds. The zero-order valence-corrected chi connectivity index (χ0v) is 16.0. The Morgan fingerprint density at radius 3 is 2.79 bits per heavy atom. The molecule has 2 aromatic rings. The van der Waals surface area contributed by atoms with Gasteiger partial charge in [0.1, 0.15) is 11.6 Å². The molecule has 0 radical (unpaired) electrons. The number of anilines is 3. The Labute approximate surface area is 166 Å². The highest BCUT2D eigenvalue weighted by Crippen LogP contribution is 2.33. The van der Waals surface area contributed by atoms with Gasteiger partial charge < -0.3 is 20.3 Å². The number of hydrogen-bond acceptors (Lipinski definition) is 4. The number of nitrogens with zero attached hydrogens (tertiary/aromatic N) is 1. The minimum atomic E-state index is -0.579. The molecule has 0 aromatic heterocycles. The second-order valence-electron chi connectivity index (χ2n) is 7.29. The quantitative estimate of drug-likeness (QED) is 0.834. The summed E-state index contributed by atoms with van der Waals surface area (Å²) in [5, 5.41) is 5.50. The van der Waals surface area contributed by atoms with Gasteiger partial charge in [0.15, 0.2) is 6.10 Å². The summed E-state index contributed by atoms with van der Waals surface area (Å²) in [6.07, 6.45) is -0.533. The van der Waals surface area contributed by atoms with Gasteiger partial charge in [0.05, 0.1) is 11.6 Å². The zero-order valence-electron chi connectivity index (χ0n) is 16.0. The van der Waals surface area contributed by atoms with Crippen molar-refractivity contribution in [1.29, 1.82) is 0 Å². The maximum Gasteiger partial charge on any atom is 0.265 e. The number of aryl methyl sites for hydroxylation is 1. The van der Waals surface area contributed by atoms with Crippen LogP contribution in [0.1, 0.15) is 18.9 Å². The number of ether oxygens (including phenoxy) is 1. The average molecular weight is 397 g/mol. The molecule has 0 aliphatic carbocycles. The first kappa shape index (κ1) is 18.9. The van der Waals surface area contributed by atoms with Gasteiger partial charge in [-0.25, -0.2) is 4.39 Å². The first-order valence-corrected chi connectivity index (χ1v) is 9.31. The molecule has 150 valence electrons. The number of carbonyl (C=O) groups excluding carboxylic acids is 3. The largest absolute Gasteiger partial charge is 0.479 e. The van der Waals surface area contributed by atoms with Crippen molar-refractivity contribution in [1.82, 2.24) is 0 Å². The summed E-state index contributed by atoms with van der Waals surface area (Å²) in [6.45, 7) is 3.47. The normalized spacial score (nSPS) is 20.7. The topological polar surface area (TPSA) is 87.7 Å². The molecule has 0 saturated carbocycles. The van der Waals surface area contributed by atoms with Gasteiger partial charge in [-0.15, -0.1) is 0 Å². The van der Waals surface area contributed by atoms with E-state index in [1.165, 1.54) is 11.0 Å². The molecule has 1 saturated heterocycles.